The van der Waals surface area contributed by atoms with E-state index in [2.05, 4.69) is 0 Å². The molecule has 0 aliphatic rings. The van der Waals surface area contributed by atoms with Crippen LogP contribution in [0.15, 0.2) is 127 Å². The van der Waals surface area contributed by atoms with E-state index in [1.165, 1.54) is 0 Å². The van der Waals surface area contributed by atoms with Crippen LogP contribution in [0.4, 0.5) is 0 Å². The van der Waals surface area contributed by atoms with Crippen LogP contribution in [0.25, 0.3) is 32.3 Å². The molecule has 0 bridgehead atoms. The fourth-order valence-corrected chi connectivity index (χ4v) is 4.95. The van der Waals surface area contributed by atoms with Crippen LogP contribution < -0.4 is 16.4 Å². The fraction of sp³-hybridized carbons (Fsp3) is 0. The Kier molecular flexibility index (Phi) is 6.52. The van der Waals surface area contributed by atoms with Gasteiger partial charge in [-0.2, -0.15) is 0 Å². The van der Waals surface area contributed by atoms with E-state index in [1.54, 1.807) is 0 Å². The zero-order chi connectivity index (χ0) is 25.2. The summed E-state index contributed by atoms with van der Waals surface area (Å²) in [6, 6.07) is 40.9. The predicted molar refractivity (Wildman–Crippen MR) is 155 cm³/mol. The second kappa shape index (κ2) is 10.2. The van der Waals surface area contributed by atoms with Crippen LogP contribution in [-0.4, -0.2) is 31.4 Å². The molecule has 0 radical (unpaired) electrons. The lowest BCUT2D eigenvalue weighted by Crippen LogP contribution is -2.52. The number of hydrogen-bond donors (Lipinski definition) is 2. The van der Waals surface area contributed by atoms with Crippen LogP contribution in [0, 0.1) is 0 Å². The highest BCUT2D eigenvalue weighted by Crippen LogP contribution is 2.16. The van der Waals surface area contributed by atoms with Gasteiger partial charge in [0.1, 0.15) is 0 Å². The molecule has 2 N–H and O–H groups in total. The first kappa shape index (κ1) is 23.5. The van der Waals surface area contributed by atoms with Gasteiger partial charge in [0.25, 0.3) is 0 Å². The summed E-state index contributed by atoms with van der Waals surface area (Å²) in [5.74, 6) is 0. The molecule has 6 rings (SSSR count). The number of rotatable bonds is 7. The molecule has 0 fully saturated rings. The van der Waals surface area contributed by atoms with E-state index in [1.807, 2.05) is 127 Å². The normalized spacial score (nSPS) is 11.2. The van der Waals surface area contributed by atoms with Crippen molar-refractivity contribution in [2.75, 3.05) is 0 Å². The van der Waals surface area contributed by atoms with Crippen molar-refractivity contribution < 1.29 is 19.2 Å². The van der Waals surface area contributed by atoms with Gasteiger partial charge in [-0.3, -0.25) is 0 Å². The van der Waals surface area contributed by atoms with Gasteiger partial charge in [0.05, 0.1) is 0 Å². The summed E-state index contributed by atoms with van der Waals surface area (Å²) >= 11 is 0. The SMILES string of the molecule is OB(OB(OB(O)c1cccc2ccccc12)c1cccc2ccccc12)c1cccc2ccccc12. The second-order valence-corrected chi connectivity index (χ2v) is 9.01. The standard InChI is InChI=1S/C30H23B3O4/c34-31(28-19-7-13-22-10-1-4-16-25(22)28)36-33(30-21-9-15-24-12-3-6-18-27(24)30)37-32(35)29-20-8-14-23-11-2-5-17-26(23)29/h1-21,34-35H. The molecule has 176 valence electrons. The summed E-state index contributed by atoms with van der Waals surface area (Å²) in [6.45, 7) is 0. The summed E-state index contributed by atoms with van der Waals surface area (Å²) < 4.78 is 12.4. The van der Waals surface area contributed by atoms with Crippen molar-refractivity contribution >= 4 is 70.1 Å². The Bertz CT molecular complexity index is 1600. The van der Waals surface area contributed by atoms with E-state index in [0.717, 1.165) is 37.8 Å². The van der Waals surface area contributed by atoms with Crippen molar-refractivity contribution in [3.05, 3.63) is 127 Å². The molecule has 0 heterocycles. The first-order chi connectivity index (χ1) is 18.2. The quantitative estimate of drug-likeness (QED) is 0.343. The summed E-state index contributed by atoms with van der Waals surface area (Å²) in [7, 11) is -3.61. The van der Waals surface area contributed by atoms with Gasteiger partial charge in [-0.05, 0) is 48.7 Å². The van der Waals surface area contributed by atoms with Crippen LogP contribution in [0.3, 0.4) is 0 Å². The van der Waals surface area contributed by atoms with Crippen molar-refractivity contribution in [3.8, 4) is 0 Å². The van der Waals surface area contributed by atoms with Crippen molar-refractivity contribution in [1.29, 1.82) is 0 Å². The highest BCUT2D eigenvalue weighted by atomic mass is 16.6. The molecule has 37 heavy (non-hydrogen) atoms. The largest absolute Gasteiger partial charge is 0.478 e. The van der Waals surface area contributed by atoms with Gasteiger partial charge in [-0.15, -0.1) is 0 Å². The molecule has 4 nitrogen and oxygen atoms in total. The lowest BCUT2D eigenvalue weighted by atomic mass is 9.65. The average molecular weight is 480 g/mol. The Morgan fingerprint density at radius 2 is 0.703 bits per heavy atom. The number of hydrogen-bond acceptors (Lipinski definition) is 4. The molecule has 0 aliphatic heterocycles. The lowest BCUT2D eigenvalue weighted by molar-refractivity contribution is 0.357. The molecule has 0 aliphatic carbocycles. The second-order valence-electron chi connectivity index (χ2n) is 9.01. The Labute approximate surface area is 216 Å². The highest BCUT2D eigenvalue weighted by molar-refractivity contribution is 6.81. The minimum Gasteiger partial charge on any atom is -0.444 e. The molecule has 0 atom stereocenters. The van der Waals surface area contributed by atoms with Crippen LogP contribution in [0.2, 0.25) is 0 Å². The predicted octanol–water partition coefficient (Wildman–Crippen LogP) is 3.65. The van der Waals surface area contributed by atoms with Crippen LogP contribution in [-0.2, 0) is 9.14 Å². The van der Waals surface area contributed by atoms with Crippen LogP contribution in [0.5, 0.6) is 0 Å². The average Bonchev–Trinajstić information content (AvgIpc) is 2.95. The fourth-order valence-electron chi connectivity index (χ4n) is 4.95. The minimum absolute atomic E-state index is 0.631. The maximum absolute atomic E-state index is 11.3. The van der Waals surface area contributed by atoms with Crippen LogP contribution in [0.1, 0.15) is 0 Å². The zero-order valence-corrected chi connectivity index (χ0v) is 20.1. The molecule has 6 aromatic rings. The van der Waals surface area contributed by atoms with E-state index in [-0.39, 0.29) is 0 Å². The van der Waals surface area contributed by atoms with E-state index in [9.17, 15) is 10.0 Å². The molecule has 0 unspecified atom stereocenters. The first-order valence-electron chi connectivity index (χ1n) is 12.3. The van der Waals surface area contributed by atoms with Gasteiger partial charge in [0.15, 0.2) is 0 Å². The van der Waals surface area contributed by atoms with Gasteiger partial charge < -0.3 is 19.2 Å². The maximum Gasteiger partial charge on any atom is 0.478 e. The maximum atomic E-state index is 11.3. The Hall–Kier alpha value is -3.87. The summed E-state index contributed by atoms with van der Waals surface area (Å²) in [6.07, 6.45) is 0. The van der Waals surface area contributed by atoms with Crippen molar-refractivity contribution in [1.82, 2.24) is 0 Å². The van der Waals surface area contributed by atoms with Gasteiger partial charge in [-0.1, -0.05) is 127 Å². The monoisotopic (exact) mass is 480 g/mol. The van der Waals surface area contributed by atoms with E-state index >= 15 is 0 Å². The number of benzene rings is 6. The van der Waals surface area contributed by atoms with Gasteiger partial charge in [0, 0.05) is 0 Å². The lowest BCUT2D eigenvalue weighted by Gasteiger charge is -2.22. The molecule has 6 aromatic carbocycles. The minimum atomic E-state index is -1.28. The Balaban J connectivity index is 1.41. The van der Waals surface area contributed by atoms with Gasteiger partial charge in [0.2, 0.25) is 0 Å². The Morgan fingerprint density at radius 1 is 0.378 bits per heavy atom. The molecular weight excluding hydrogens is 457 g/mol. The Morgan fingerprint density at radius 3 is 1.14 bits per heavy atom. The third-order valence-corrected chi connectivity index (χ3v) is 6.76. The third kappa shape index (κ3) is 4.66. The molecule has 0 saturated heterocycles. The molecule has 0 amide bonds. The van der Waals surface area contributed by atoms with E-state index in [4.69, 9.17) is 9.14 Å². The van der Waals surface area contributed by atoms with Gasteiger partial charge >= 0.3 is 21.4 Å². The number of fused-ring (bicyclic) bond motifs is 3. The van der Waals surface area contributed by atoms with Gasteiger partial charge in [-0.25, -0.2) is 0 Å². The summed E-state index contributed by atoms with van der Waals surface area (Å²) in [5, 5.41) is 28.3. The summed E-state index contributed by atoms with van der Waals surface area (Å²) in [5.41, 5.74) is 1.98. The van der Waals surface area contributed by atoms with Crippen molar-refractivity contribution in [3.63, 3.8) is 0 Å². The van der Waals surface area contributed by atoms with Crippen molar-refractivity contribution in [2.45, 2.75) is 0 Å². The molecular formula is C30H23B3O4. The summed E-state index contributed by atoms with van der Waals surface area (Å²) in [4.78, 5) is 0. The van der Waals surface area contributed by atoms with Crippen molar-refractivity contribution in [2.24, 2.45) is 0 Å². The zero-order valence-electron chi connectivity index (χ0n) is 20.1. The van der Waals surface area contributed by atoms with E-state index < -0.39 is 21.4 Å². The highest BCUT2D eigenvalue weighted by Gasteiger charge is 2.35. The molecule has 0 spiro atoms. The molecule has 0 aromatic heterocycles. The molecule has 7 heteroatoms. The smallest absolute Gasteiger partial charge is 0.444 e. The van der Waals surface area contributed by atoms with E-state index in [0.29, 0.717) is 10.9 Å². The first-order valence-corrected chi connectivity index (χ1v) is 12.3. The third-order valence-electron chi connectivity index (χ3n) is 6.76. The topological polar surface area (TPSA) is 58.9 Å². The molecule has 0 saturated carbocycles. The van der Waals surface area contributed by atoms with Crippen LogP contribution >= 0.6 is 0 Å².